The van der Waals surface area contributed by atoms with Gasteiger partial charge in [-0.3, -0.25) is 9.59 Å². The van der Waals surface area contributed by atoms with E-state index in [9.17, 15) is 14.4 Å². The van der Waals surface area contributed by atoms with Gasteiger partial charge in [-0.2, -0.15) is 0 Å². The lowest BCUT2D eigenvalue weighted by Gasteiger charge is -2.06. The van der Waals surface area contributed by atoms with Gasteiger partial charge in [0.25, 0.3) is 5.91 Å². The molecule has 6 nitrogen and oxygen atoms in total. The zero-order chi connectivity index (χ0) is 16.4. The summed E-state index contributed by atoms with van der Waals surface area (Å²) in [7, 11) is 1.31. The van der Waals surface area contributed by atoms with Crippen LogP contribution in [0.25, 0.3) is 0 Å². The number of amides is 2. The second-order valence-corrected chi connectivity index (χ2v) is 4.58. The van der Waals surface area contributed by atoms with Gasteiger partial charge in [0.05, 0.1) is 7.11 Å². The molecule has 118 valence electrons. The Hall–Kier alpha value is -2.63. The van der Waals surface area contributed by atoms with Gasteiger partial charge >= 0.3 is 5.97 Å². The van der Waals surface area contributed by atoms with Gasteiger partial charge in [-0.1, -0.05) is 18.2 Å². The second-order valence-electron chi connectivity index (χ2n) is 4.58. The highest BCUT2D eigenvalue weighted by Crippen LogP contribution is 2.04. The standard InChI is InChI=1S/C16H20N2O4/c1-12(19)18-11-13-6-8-14(9-7-13)16(21)17-10-4-3-5-15(20)22-2/h3,5-9H,4,10-11H2,1-2H3,(H,17,21)(H,18,19)/b5-3+. The van der Waals surface area contributed by atoms with Crippen molar-refractivity contribution in [1.29, 1.82) is 0 Å². The SMILES string of the molecule is COC(=O)/C=C/CCNC(=O)c1ccc(CNC(C)=O)cc1. The number of esters is 1. The zero-order valence-corrected chi connectivity index (χ0v) is 12.7. The van der Waals surface area contributed by atoms with E-state index >= 15 is 0 Å². The molecule has 0 aliphatic heterocycles. The summed E-state index contributed by atoms with van der Waals surface area (Å²) in [5.41, 5.74) is 1.47. The van der Waals surface area contributed by atoms with Gasteiger partial charge in [0.15, 0.2) is 0 Å². The summed E-state index contributed by atoms with van der Waals surface area (Å²) in [6.45, 7) is 2.33. The van der Waals surface area contributed by atoms with E-state index in [0.717, 1.165) is 5.56 Å². The lowest BCUT2D eigenvalue weighted by Crippen LogP contribution is -2.24. The molecular weight excluding hydrogens is 284 g/mol. The first-order chi connectivity index (χ1) is 10.5. The number of carbonyl (C=O) groups is 3. The Morgan fingerprint density at radius 3 is 2.41 bits per heavy atom. The predicted molar refractivity (Wildman–Crippen MR) is 82.1 cm³/mol. The predicted octanol–water partition coefficient (Wildman–Crippen LogP) is 1.17. The van der Waals surface area contributed by atoms with Crippen molar-refractivity contribution in [3.63, 3.8) is 0 Å². The van der Waals surface area contributed by atoms with Crippen molar-refractivity contribution in [2.24, 2.45) is 0 Å². The molecule has 0 fully saturated rings. The molecule has 0 unspecified atom stereocenters. The molecule has 6 heteroatoms. The van der Waals surface area contributed by atoms with E-state index in [-0.39, 0.29) is 11.8 Å². The third kappa shape index (κ3) is 6.69. The largest absolute Gasteiger partial charge is 0.466 e. The molecule has 1 aromatic carbocycles. The van der Waals surface area contributed by atoms with Gasteiger partial charge in [-0.25, -0.2) is 4.79 Å². The lowest BCUT2D eigenvalue weighted by atomic mass is 10.1. The molecule has 2 amide bonds. The number of nitrogens with one attached hydrogen (secondary N) is 2. The molecule has 0 bridgehead atoms. The third-order valence-corrected chi connectivity index (χ3v) is 2.81. The topological polar surface area (TPSA) is 84.5 Å². The number of methoxy groups -OCH3 is 1. The Balaban J connectivity index is 2.38. The van der Waals surface area contributed by atoms with Gasteiger partial charge in [0.2, 0.25) is 5.91 Å². The highest BCUT2D eigenvalue weighted by Gasteiger charge is 2.04. The quantitative estimate of drug-likeness (QED) is 0.450. The molecule has 0 aliphatic carbocycles. The van der Waals surface area contributed by atoms with Crippen LogP contribution in [0.1, 0.15) is 29.3 Å². The van der Waals surface area contributed by atoms with Crippen LogP contribution >= 0.6 is 0 Å². The molecule has 2 N–H and O–H groups in total. The van der Waals surface area contributed by atoms with Crippen LogP contribution in [0.5, 0.6) is 0 Å². The van der Waals surface area contributed by atoms with E-state index in [2.05, 4.69) is 15.4 Å². The first kappa shape index (κ1) is 17.4. The Bertz CT molecular complexity index is 550. The van der Waals surface area contributed by atoms with E-state index in [1.54, 1.807) is 30.3 Å². The molecule has 0 atom stereocenters. The van der Waals surface area contributed by atoms with Crippen molar-refractivity contribution in [2.75, 3.05) is 13.7 Å². The Labute approximate surface area is 129 Å². The number of hydrogen-bond acceptors (Lipinski definition) is 4. The Morgan fingerprint density at radius 1 is 1.14 bits per heavy atom. The molecule has 0 heterocycles. The third-order valence-electron chi connectivity index (χ3n) is 2.81. The average Bonchev–Trinajstić information content (AvgIpc) is 2.52. The lowest BCUT2D eigenvalue weighted by molar-refractivity contribution is -0.134. The molecule has 0 aliphatic rings. The van der Waals surface area contributed by atoms with E-state index in [1.165, 1.54) is 20.1 Å². The molecule has 1 rings (SSSR count). The van der Waals surface area contributed by atoms with Crippen LogP contribution in [0.2, 0.25) is 0 Å². The first-order valence-electron chi connectivity index (χ1n) is 6.89. The molecule has 0 radical (unpaired) electrons. The average molecular weight is 304 g/mol. The fourth-order valence-electron chi connectivity index (χ4n) is 1.62. The van der Waals surface area contributed by atoms with Crippen molar-refractivity contribution in [3.8, 4) is 0 Å². The first-order valence-corrected chi connectivity index (χ1v) is 6.89. The minimum Gasteiger partial charge on any atom is -0.466 e. The summed E-state index contributed by atoms with van der Waals surface area (Å²) < 4.78 is 4.45. The van der Waals surface area contributed by atoms with Gasteiger partial charge in [-0.05, 0) is 24.1 Å². The smallest absolute Gasteiger partial charge is 0.330 e. The Morgan fingerprint density at radius 2 is 1.82 bits per heavy atom. The Kier molecular flexibility index (Phi) is 7.39. The number of hydrogen-bond donors (Lipinski definition) is 2. The van der Waals surface area contributed by atoms with Gasteiger partial charge in [-0.15, -0.1) is 0 Å². The molecule has 0 saturated carbocycles. The summed E-state index contributed by atoms with van der Waals surface area (Å²) in [4.78, 5) is 33.5. The van der Waals surface area contributed by atoms with E-state index < -0.39 is 5.97 Å². The van der Waals surface area contributed by atoms with Gasteiger partial charge in [0.1, 0.15) is 0 Å². The van der Waals surface area contributed by atoms with E-state index in [1.807, 2.05) is 0 Å². The minimum absolute atomic E-state index is 0.0955. The summed E-state index contributed by atoms with van der Waals surface area (Å²) in [5.74, 6) is -0.694. The summed E-state index contributed by atoms with van der Waals surface area (Å²) in [6, 6.07) is 7.00. The zero-order valence-electron chi connectivity index (χ0n) is 12.7. The van der Waals surface area contributed by atoms with Crippen molar-refractivity contribution in [1.82, 2.24) is 10.6 Å². The second kappa shape index (κ2) is 9.33. The molecular formula is C16H20N2O4. The highest BCUT2D eigenvalue weighted by molar-refractivity contribution is 5.94. The molecule has 0 saturated heterocycles. The summed E-state index contributed by atoms with van der Waals surface area (Å²) >= 11 is 0. The number of ether oxygens (including phenoxy) is 1. The van der Waals surface area contributed by atoms with Crippen molar-refractivity contribution < 1.29 is 19.1 Å². The number of rotatable bonds is 7. The normalized spacial score (nSPS) is 10.3. The van der Waals surface area contributed by atoms with Crippen LogP contribution in [0, 0.1) is 0 Å². The van der Waals surface area contributed by atoms with E-state index in [4.69, 9.17) is 0 Å². The minimum atomic E-state index is -0.416. The summed E-state index contributed by atoms with van der Waals surface area (Å²) in [6.07, 6.45) is 3.51. The summed E-state index contributed by atoms with van der Waals surface area (Å²) in [5, 5.41) is 5.44. The van der Waals surface area contributed by atoms with Gasteiger partial charge in [0, 0.05) is 31.7 Å². The maximum Gasteiger partial charge on any atom is 0.330 e. The van der Waals surface area contributed by atoms with Crippen molar-refractivity contribution in [3.05, 3.63) is 47.5 Å². The van der Waals surface area contributed by atoms with Crippen LogP contribution in [0.4, 0.5) is 0 Å². The van der Waals surface area contributed by atoms with Crippen molar-refractivity contribution in [2.45, 2.75) is 19.9 Å². The van der Waals surface area contributed by atoms with E-state index in [0.29, 0.717) is 25.1 Å². The van der Waals surface area contributed by atoms with Gasteiger partial charge < -0.3 is 15.4 Å². The fraction of sp³-hybridized carbons (Fsp3) is 0.312. The molecule has 0 aromatic heterocycles. The molecule has 1 aromatic rings. The van der Waals surface area contributed by atoms with Crippen LogP contribution in [-0.2, 0) is 20.9 Å². The fourth-order valence-corrected chi connectivity index (χ4v) is 1.62. The monoisotopic (exact) mass is 304 g/mol. The molecule has 22 heavy (non-hydrogen) atoms. The van der Waals surface area contributed by atoms with Crippen LogP contribution in [-0.4, -0.2) is 31.4 Å². The highest BCUT2D eigenvalue weighted by atomic mass is 16.5. The maximum absolute atomic E-state index is 11.9. The number of benzene rings is 1. The van der Waals surface area contributed by atoms with Crippen molar-refractivity contribution >= 4 is 17.8 Å². The van der Waals surface area contributed by atoms with Crippen LogP contribution < -0.4 is 10.6 Å². The molecule has 0 spiro atoms. The van der Waals surface area contributed by atoms with Crippen LogP contribution in [0.3, 0.4) is 0 Å². The number of carbonyl (C=O) groups excluding carboxylic acids is 3. The van der Waals surface area contributed by atoms with Crippen LogP contribution in [0.15, 0.2) is 36.4 Å². The maximum atomic E-state index is 11.9.